The first-order valence-electron chi connectivity index (χ1n) is 6.70. The molecule has 2 unspecified atom stereocenters. The molecule has 0 aromatic carbocycles. The van der Waals surface area contributed by atoms with Gasteiger partial charge >= 0.3 is 6.09 Å². The number of nitrogens with one attached hydrogen (secondary N) is 1. The first-order valence-corrected chi connectivity index (χ1v) is 7.69. The molecule has 5 heteroatoms. The molecule has 18 heavy (non-hydrogen) atoms. The van der Waals surface area contributed by atoms with Crippen LogP contribution in [0.3, 0.4) is 0 Å². The van der Waals surface area contributed by atoms with Gasteiger partial charge in [0.15, 0.2) is 0 Å². The number of rotatable bonds is 0. The summed E-state index contributed by atoms with van der Waals surface area (Å²) in [5, 5.41) is 3.55. The highest BCUT2D eigenvalue weighted by molar-refractivity contribution is 8.00. The van der Waals surface area contributed by atoms with Crippen molar-refractivity contribution >= 4 is 17.9 Å². The Balaban J connectivity index is 2.03. The average Bonchev–Trinajstić information content (AvgIpc) is 2.68. The molecule has 2 rings (SSSR count). The minimum Gasteiger partial charge on any atom is -0.444 e. The van der Waals surface area contributed by atoms with Gasteiger partial charge in [0.2, 0.25) is 0 Å². The van der Waals surface area contributed by atoms with E-state index < -0.39 is 5.60 Å². The SMILES string of the molecule is CC1CCC2(CN1C(=O)OC(C)(C)C)NCCS2. The van der Waals surface area contributed by atoms with Crippen molar-refractivity contribution in [3.05, 3.63) is 0 Å². The van der Waals surface area contributed by atoms with Gasteiger partial charge in [-0.1, -0.05) is 0 Å². The largest absolute Gasteiger partial charge is 0.444 e. The van der Waals surface area contributed by atoms with Gasteiger partial charge in [-0.25, -0.2) is 4.79 Å². The second-order valence-electron chi connectivity index (χ2n) is 6.27. The summed E-state index contributed by atoms with van der Waals surface area (Å²) in [7, 11) is 0. The van der Waals surface area contributed by atoms with Crippen molar-refractivity contribution in [2.45, 2.75) is 57.1 Å². The molecule has 0 bridgehead atoms. The number of carbonyl (C=O) groups excluding carboxylic acids is 1. The van der Waals surface area contributed by atoms with Gasteiger partial charge in [-0.05, 0) is 40.5 Å². The van der Waals surface area contributed by atoms with E-state index in [4.69, 9.17) is 4.74 Å². The van der Waals surface area contributed by atoms with E-state index in [1.807, 2.05) is 37.4 Å². The van der Waals surface area contributed by atoms with Gasteiger partial charge in [-0.3, -0.25) is 0 Å². The maximum atomic E-state index is 12.2. The minimum atomic E-state index is -0.419. The molecule has 2 aliphatic rings. The molecular weight excluding hydrogens is 248 g/mol. The Morgan fingerprint density at radius 1 is 1.50 bits per heavy atom. The number of carbonyl (C=O) groups is 1. The van der Waals surface area contributed by atoms with E-state index in [0.717, 1.165) is 31.7 Å². The van der Waals surface area contributed by atoms with Crippen LogP contribution in [-0.2, 0) is 4.74 Å². The van der Waals surface area contributed by atoms with Crippen molar-refractivity contribution < 1.29 is 9.53 Å². The van der Waals surface area contributed by atoms with E-state index in [0.29, 0.717) is 0 Å². The monoisotopic (exact) mass is 272 g/mol. The summed E-state index contributed by atoms with van der Waals surface area (Å²) in [4.78, 5) is 14.2. The molecule has 0 aromatic heterocycles. The van der Waals surface area contributed by atoms with Crippen LogP contribution < -0.4 is 5.32 Å². The van der Waals surface area contributed by atoms with Crippen molar-refractivity contribution in [1.29, 1.82) is 0 Å². The van der Waals surface area contributed by atoms with Gasteiger partial charge in [0.25, 0.3) is 0 Å². The van der Waals surface area contributed by atoms with Crippen LogP contribution in [0.25, 0.3) is 0 Å². The highest BCUT2D eigenvalue weighted by atomic mass is 32.2. The summed E-state index contributed by atoms with van der Waals surface area (Å²) in [5.41, 5.74) is -0.419. The lowest BCUT2D eigenvalue weighted by atomic mass is 9.99. The molecule has 4 nitrogen and oxygen atoms in total. The van der Waals surface area contributed by atoms with Crippen LogP contribution >= 0.6 is 11.8 Å². The molecule has 2 fully saturated rings. The quantitative estimate of drug-likeness (QED) is 0.735. The Morgan fingerprint density at radius 3 is 2.78 bits per heavy atom. The summed E-state index contributed by atoms with van der Waals surface area (Å²) in [6.07, 6.45) is 2.00. The molecule has 0 aromatic rings. The number of nitrogens with zero attached hydrogens (tertiary/aromatic N) is 1. The molecule has 0 aliphatic carbocycles. The number of hydrogen-bond donors (Lipinski definition) is 1. The number of amides is 1. The smallest absolute Gasteiger partial charge is 0.410 e. The summed E-state index contributed by atoms with van der Waals surface area (Å²) in [5.74, 6) is 1.14. The zero-order valence-corrected chi connectivity index (χ0v) is 12.6. The zero-order chi connectivity index (χ0) is 13.4. The normalized spacial score (nSPS) is 32.9. The first kappa shape index (κ1) is 14.0. The van der Waals surface area contributed by atoms with E-state index in [1.165, 1.54) is 0 Å². The lowest BCUT2D eigenvalue weighted by Crippen LogP contribution is -2.57. The average molecular weight is 272 g/mol. The van der Waals surface area contributed by atoms with Gasteiger partial charge in [0.05, 0.1) is 11.4 Å². The summed E-state index contributed by atoms with van der Waals surface area (Å²) >= 11 is 1.95. The second-order valence-corrected chi connectivity index (χ2v) is 7.74. The maximum absolute atomic E-state index is 12.2. The van der Waals surface area contributed by atoms with Crippen LogP contribution in [-0.4, -0.2) is 46.3 Å². The third-order valence-electron chi connectivity index (χ3n) is 3.48. The fraction of sp³-hybridized carbons (Fsp3) is 0.923. The Kier molecular flexibility index (Phi) is 3.83. The molecule has 2 heterocycles. The molecule has 2 atom stereocenters. The summed E-state index contributed by atoms with van der Waals surface area (Å²) < 4.78 is 5.50. The number of piperidine rings is 1. The number of hydrogen-bond acceptors (Lipinski definition) is 4. The van der Waals surface area contributed by atoms with Crippen LogP contribution in [0, 0.1) is 0 Å². The standard InChI is InChI=1S/C13H24N2O2S/c1-10-5-6-13(14-7-8-18-13)9-15(10)11(16)17-12(2,3)4/h10,14H,5-9H2,1-4H3. The maximum Gasteiger partial charge on any atom is 0.410 e. The van der Waals surface area contributed by atoms with Crippen LogP contribution in [0.15, 0.2) is 0 Å². The van der Waals surface area contributed by atoms with Gasteiger partial charge in [-0.15, -0.1) is 11.8 Å². The fourth-order valence-corrected chi connectivity index (χ4v) is 3.80. The molecule has 104 valence electrons. The predicted octanol–water partition coefficient (Wildman–Crippen LogP) is 2.44. The van der Waals surface area contributed by atoms with Crippen LogP contribution in [0.4, 0.5) is 4.79 Å². The van der Waals surface area contributed by atoms with E-state index in [2.05, 4.69) is 12.2 Å². The lowest BCUT2D eigenvalue weighted by Gasteiger charge is -2.43. The molecular formula is C13H24N2O2S. The molecule has 1 spiro atoms. The lowest BCUT2D eigenvalue weighted by molar-refractivity contribution is 0.00668. The molecule has 2 aliphatic heterocycles. The molecule has 0 radical (unpaired) electrons. The predicted molar refractivity (Wildman–Crippen MR) is 74.8 cm³/mol. The third kappa shape index (κ3) is 3.12. The van der Waals surface area contributed by atoms with E-state index in [-0.39, 0.29) is 17.0 Å². The van der Waals surface area contributed by atoms with Gasteiger partial charge in [-0.2, -0.15) is 0 Å². The van der Waals surface area contributed by atoms with Crippen molar-refractivity contribution in [3.63, 3.8) is 0 Å². The Labute approximate surface area is 114 Å². The number of thioether (sulfide) groups is 1. The number of ether oxygens (including phenoxy) is 1. The van der Waals surface area contributed by atoms with Crippen molar-refractivity contribution in [2.75, 3.05) is 18.8 Å². The Morgan fingerprint density at radius 2 is 2.22 bits per heavy atom. The Bertz CT molecular complexity index is 321. The van der Waals surface area contributed by atoms with Crippen molar-refractivity contribution in [2.24, 2.45) is 0 Å². The van der Waals surface area contributed by atoms with Crippen LogP contribution in [0.2, 0.25) is 0 Å². The highest BCUT2D eigenvalue weighted by Crippen LogP contribution is 2.38. The van der Waals surface area contributed by atoms with Gasteiger partial charge in [0.1, 0.15) is 5.60 Å². The topological polar surface area (TPSA) is 41.6 Å². The van der Waals surface area contributed by atoms with E-state index in [9.17, 15) is 4.79 Å². The molecule has 1 amide bonds. The number of likely N-dealkylation sites (tertiary alicyclic amines) is 1. The Hall–Kier alpha value is -0.420. The fourth-order valence-electron chi connectivity index (χ4n) is 2.51. The third-order valence-corrected chi connectivity index (χ3v) is 4.92. The molecule has 1 N–H and O–H groups in total. The van der Waals surface area contributed by atoms with Crippen LogP contribution in [0.5, 0.6) is 0 Å². The van der Waals surface area contributed by atoms with Crippen molar-refractivity contribution in [3.8, 4) is 0 Å². The zero-order valence-electron chi connectivity index (χ0n) is 11.8. The van der Waals surface area contributed by atoms with Crippen molar-refractivity contribution in [1.82, 2.24) is 10.2 Å². The van der Waals surface area contributed by atoms with Gasteiger partial charge in [0, 0.05) is 18.3 Å². The van der Waals surface area contributed by atoms with Crippen LogP contribution in [0.1, 0.15) is 40.5 Å². The summed E-state index contributed by atoms with van der Waals surface area (Å²) in [6, 6.07) is 0.272. The van der Waals surface area contributed by atoms with E-state index in [1.54, 1.807) is 0 Å². The second kappa shape index (κ2) is 4.93. The summed E-state index contributed by atoms with van der Waals surface area (Å²) in [6.45, 7) is 9.65. The highest BCUT2D eigenvalue weighted by Gasteiger charge is 2.43. The van der Waals surface area contributed by atoms with Gasteiger partial charge < -0.3 is 15.0 Å². The van der Waals surface area contributed by atoms with E-state index >= 15 is 0 Å². The minimum absolute atomic E-state index is 0.0728. The first-order chi connectivity index (χ1) is 8.31. The molecule has 2 saturated heterocycles. The molecule has 0 saturated carbocycles.